The SMILES string of the molecule is CCOC(=O)c1cc(-n2nnc3ccccc32)ccc1N. The van der Waals surface area contributed by atoms with Crippen molar-refractivity contribution in [2.75, 3.05) is 12.3 Å². The van der Waals surface area contributed by atoms with Crippen LogP contribution in [0.2, 0.25) is 0 Å². The topological polar surface area (TPSA) is 83.0 Å². The van der Waals surface area contributed by atoms with Gasteiger partial charge in [-0.15, -0.1) is 5.10 Å². The molecule has 3 rings (SSSR count). The third kappa shape index (κ3) is 2.31. The van der Waals surface area contributed by atoms with Gasteiger partial charge in [-0.1, -0.05) is 17.3 Å². The molecule has 6 heteroatoms. The van der Waals surface area contributed by atoms with Gasteiger partial charge in [0.1, 0.15) is 5.52 Å². The molecule has 0 bridgehead atoms. The van der Waals surface area contributed by atoms with E-state index in [1.165, 1.54) is 0 Å². The minimum Gasteiger partial charge on any atom is -0.462 e. The fourth-order valence-corrected chi connectivity index (χ4v) is 2.12. The fourth-order valence-electron chi connectivity index (χ4n) is 2.12. The quantitative estimate of drug-likeness (QED) is 0.588. The van der Waals surface area contributed by atoms with E-state index in [2.05, 4.69) is 10.3 Å². The third-order valence-electron chi connectivity index (χ3n) is 3.13. The Hall–Kier alpha value is -2.89. The molecular formula is C15H14N4O2. The highest BCUT2D eigenvalue weighted by atomic mass is 16.5. The molecule has 0 aliphatic rings. The van der Waals surface area contributed by atoms with Crippen LogP contribution in [0.25, 0.3) is 16.7 Å². The lowest BCUT2D eigenvalue weighted by molar-refractivity contribution is 0.0527. The molecular weight excluding hydrogens is 268 g/mol. The van der Waals surface area contributed by atoms with Gasteiger partial charge in [0.2, 0.25) is 0 Å². The zero-order valence-corrected chi connectivity index (χ0v) is 11.5. The summed E-state index contributed by atoms with van der Waals surface area (Å²) in [5, 5.41) is 8.21. The number of anilines is 1. The lowest BCUT2D eigenvalue weighted by atomic mass is 10.1. The van der Waals surface area contributed by atoms with Gasteiger partial charge in [-0.05, 0) is 37.3 Å². The number of esters is 1. The van der Waals surface area contributed by atoms with E-state index >= 15 is 0 Å². The summed E-state index contributed by atoms with van der Waals surface area (Å²) in [7, 11) is 0. The molecule has 0 fully saturated rings. The van der Waals surface area contributed by atoms with E-state index < -0.39 is 5.97 Å². The zero-order chi connectivity index (χ0) is 14.8. The number of ether oxygens (including phenoxy) is 1. The number of nitrogens with zero attached hydrogens (tertiary/aromatic N) is 3. The van der Waals surface area contributed by atoms with Crippen molar-refractivity contribution in [3.8, 4) is 5.69 Å². The van der Waals surface area contributed by atoms with Crippen molar-refractivity contribution in [1.82, 2.24) is 15.0 Å². The Labute approximate surface area is 121 Å². The minimum atomic E-state index is -0.443. The lowest BCUT2D eigenvalue weighted by Crippen LogP contribution is -2.09. The summed E-state index contributed by atoms with van der Waals surface area (Å²) in [5.74, 6) is -0.443. The number of nitrogen functional groups attached to an aromatic ring is 1. The Morgan fingerprint density at radius 2 is 2.10 bits per heavy atom. The van der Waals surface area contributed by atoms with E-state index in [-0.39, 0.29) is 0 Å². The van der Waals surface area contributed by atoms with Crippen molar-refractivity contribution in [1.29, 1.82) is 0 Å². The number of nitrogens with two attached hydrogens (primary N) is 1. The molecule has 0 saturated heterocycles. The van der Waals surface area contributed by atoms with Gasteiger partial charge in [-0.3, -0.25) is 0 Å². The predicted octanol–water partition coefficient (Wildman–Crippen LogP) is 2.18. The van der Waals surface area contributed by atoms with E-state index in [1.807, 2.05) is 24.3 Å². The summed E-state index contributed by atoms with van der Waals surface area (Å²) in [6.45, 7) is 2.05. The number of carbonyl (C=O) groups is 1. The lowest BCUT2D eigenvalue weighted by Gasteiger charge is -2.08. The van der Waals surface area contributed by atoms with E-state index in [0.717, 1.165) is 11.0 Å². The monoisotopic (exact) mass is 282 g/mol. The van der Waals surface area contributed by atoms with E-state index in [4.69, 9.17) is 10.5 Å². The number of carbonyl (C=O) groups excluding carboxylic acids is 1. The Bertz CT molecular complexity index is 810. The molecule has 6 nitrogen and oxygen atoms in total. The van der Waals surface area contributed by atoms with E-state index in [0.29, 0.717) is 23.5 Å². The molecule has 0 radical (unpaired) electrons. The van der Waals surface area contributed by atoms with Crippen LogP contribution in [0, 0.1) is 0 Å². The smallest absolute Gasteiger partial charge is 0.340 e. The first kappa shape index (κ1) is 13.1. The van der Waals surface area contributed by atoms with Crippen LogP contribution in [-0.2, 0) is 4.74 Å². The number of benzene rings is 2. The molecule has 0 saturated carbocycles. The van der Waals surface area contributed by atoms with Crippen molar-refractivity contribution in [2.45, 2.75) is 6.92 Å². The highest BCUT2D eigenvalue weighted by Crippen LogP contribution is 2.21. The highest BCUT2D eigenvalue weighted by molar-refractivity contribution is 5.96. The molecule has 1 aromatic heterocycles. The Morgan fingerprint density at radius 1 is 1.29 bits per heavy atom. The molecule has 0 atom stereocenters. The van der Waals surface area contributed by atoms with Crippen LogP contribution in [0.15, 0.2) is 42.5 Å². The second kappa shape index (κ2) is 5.24. The Morgan fingerprint density at radius 3 is 2.90 bits per heavy atom. The summed E-state index contributed by atoms with van der Waals surface area (Å²) >= 11 is 0. The maximum absolute atomic E-state index is 11.9. The molecule has 1 heterocycles. The molecule has 3 aromatic rings. The zero-order valence-electron chi connectivity index (χ0n) is 11.5. The van der Waals surface area contributed by atoms with Gasteiger partial charge in [0.25, 0.3) is 0 Å². The van der Waals surface area contributed by atoms with Gasteiger partial charge in [0, 0.05) is 5.69 Å². The second-order valence-electron chi connectivity index (χ2n) is 4.48. The van der Waals surface area contributed by atoms with Crippen LogP contribution in [0.1, 0.15) is 17.3 Å². The minimum absolute atomic E-state index is 0.300. The predicted molar refractivity (Wildman–Crippen MR) is 79.2 cm³/mol. The molecule has 0 aliphatic heterocycles. The van der Waals surface area contributed by atoms with E-state index in [9.17, 15) is 4.79 Å². The van der Waals surface area contributed by atoms with E-state index in [1.54, 1.807) is 29.8 Å². The van der Waals surface area contributed by atoms with Crippen LogP contribution in [-0.4, -0.2) is 27.6 Å². The first-order valence-electron chi connectivity index (χ1n) is 6.58. The summed E-state index contributed by atoms with van der Waals surface area (Å²) in [6, 6.07) is 12.7. The van der Waals surface area contributed by atoms with Gasteiger partial charge < -0.3 is 10.5 Å². The van der Waals surface area contributed by atoms with Crippen molar-refractivity contribution >= 4 is 22.7 Å². The second-order valence-corrected chi connectivity index (χ2v) is 4.48. The van der Waals surface area contributed by atoms with Crippen molar-refractivity contribution in [3.63, 3.8) is 0 Å². The number of aromatic nitrogens is 3. The molecule has 0 spiro atoms. The molecule has 0 amide bonds. The summed E-state index contributed by atoms with van der Waals surface area (Å²) < 4.78 is 6.67. The van der Waals surface area contributed by atoms with Crippen LogP contribution in [0.3, 0.4) is 0 Å². The largest absolute Gasteiger partial charge is 0.462 e. The molecule has 106 valence electrons. The Balaban J connectivity index is 2.11. The van der Waals surface area contributed by atoms with Crippen molar-refractivity contribution in [3.05, 3.63) is 48.0 Å². The van der Waals surface area contributed by atoms with Crippen molar-refractivity contribution < 1.29 is 9.53 Å². The molecule has 0 aliphatic carbocycles. The molecule has 0 unspecified atom stereocenters. The van der Waals surface area contributed by atoms with Crippen LogP contribution in [0.5, 0.6) is 0 Å². The van der Waals surface area contributed by atoms with Gasteiger partial charge in [0.05, 0.1) is 23.4 Å². The molecule has 21 heavy (non-hydrogen) atoms. The van der Waals surface area contributed by atoms with Gasteiger partial charge >= 0.3 is 5.97 Å². The number of hydrogen-bond donors (Lipinski definition) is 1. The number of fused-ring (bicyclic) bond motifs is 1. The number of hydrogen-bond acceptors (Lipinski definition) is 5. The fraction of sp³-hybridized carbons (Fsp3) is 0.133. The average Bonchev–Trinajstić information content (AvgIpc) is 2.92. The van der Waals surface area contributed by atoms with Gasteiger partial charge in [0.15, 0.2) is 0 Å². The molecule has 2 N–H and O–H groups in total. The maximum Gasteiger partial charge on any atom is 0.340 e. The summed E-state index contributed by atoms with van der Waals surface area (Å²) in [5.41, 5.74) is 8.90. The van der Waals surface area contributed by atoms with Crippen LogP contribution >= 0.6 is 0 Å². The van der Waals surface area contributed by atoms with Crippen molar-refractivity contribution in [2.24, 2.45) is 0 Å². The Kier molecular flexibility index (Phi) is 3.27. The first-order chi connectivity index (χ1) is 10.2. The van der Waals surface area contributed by atoms with Crippen LogP contribution < -0.4 is 5.73 Å². The molecule has 2 aromatic carbocycles. The van der Waals surface area contributed by atoms with Crippen LogP contribution in [0.4, 0.5) is 5.69 Å². The van der Waals surface area contributed by atoms with Gasteiger partial charge in [-0.25, -0.2) is 9.48 Å². The first-order valence-corrected chi connectivity index (χ1v) is 6.58. The average molecular weight is 282 g/mol. The third-order valence-corrected chi connectivity index (χ3v) is 3.13. The van der Waals surface area contributed by atoms with Gasteiger partial charge in [-0.2, -0.15) is 0 Å². The number of rotatable bonds is 3. The summed E-state index contributed by atoms with van der Waals surface area (Å²) in [6.07, 6.45) is 0. The standard InChI is InChI=1S/C15H14N4O2/c1-2-21-15(20)11-9-10(7-8-12(11)16)19-14-6-4-3-5-13(14)17-18-19/h3-9H,2,16H2,1H3. The maximum atomic E-state index is 11.9. The number of para-hydroxylation sites is 1. The summed E-state index contributed by atoms with van der Waals surface area (Å²) in [4.78, 5) is 11.9. The highest BCUT2D eigenvalue weighted by Gasteiger charge is 2.14. The normalized spacial score (nSPS) is 10.7.